The molecule has 3 aliphatic heterocycles. The Balaban J connectivity index is 1.32. The summed E-state index contributed by atoms with van der Waals surface area (Å²) >= 11 is 0. The lowest BCUT2D eigenvalue weighted by Crippen LogP contribution is -2.70. The lowest BCUT2D eigenvalue weighted by molar-refractivity contribution is -0.339. The van der Waals surface area contributed by atoms with Crippen LogP contribution in [0.25, 0.3) is 0 Å². The van der Waals surface area contributed by atoms with Gasteiger partial charge >= 0.3 is 35.6 Å². The number of rotatable bonds is 7. The average Bonchev–Trinajstić information content (AvgIpc) is 3.28. The first-order chi connectivity index (χ1) is 31.8. The number of carbonyl (C=O) groups excluding carboxylic acids is 6. The molecule has 1 fully saturated rings. The summed E-state index contributed by atoms with van der Waals surface area (Å²) in [6.45, 7) is -1.28. The van der Waals surface area contributed by atoms with Crippen LogP contribution in [0.4, 0.5) is 0 Å². The number of esters is 5. The molecule has 0 amide bonds. The molecule has 1 saturated heterocycles. The van der Waals surface area contributed by atoms with E-state index in [0.29, 0.717) is 42.5 Å². The fourth-order valence-electron chi connectivity index (χ4n) is 7.59. The number of aromatic hydroxyl groups is 11. The number of aliphatic hydroxyl groups is 3. The highest BCUT2D eigenvalue weighted by Crippen LogP contribution is 2.58. The summed E-state index contributed by atoms with van der Waals surface area (Å²) in [4.78, 5) is 83.4. The Morgan fingerprint density at radius 3 is 1.54 bits per heavy atom. The fourth-order valence-corrected chi connectivity index (χ4v) is 7.59. The van der Waals surface area contributed by atoms with Gasteiger partial charge in [-0.25, -0.2) is 24.0 Å². The van der Waals surface area contributed by atoms with Crippen LogP contribution in [0.15, 0.2) is 54.1 Å². The molecule has 0 saturated carbocycles. The molecule has 4 bridgehead atoms. The van der Waals surface area contributed by atoms with Crippen molar-refractivity contribution in [2.24, 2.45) is 0 Å². The van der Waals surface area contributed by atoms with Crippen LogP contribution in [0.2, 0.25) is 0 Å². The van der Waals surface area contributed by atoms with Crippen molar-refractivity contribution in [3.63, 3.8) is 0 Å². The number of hydrogen-bond acceptors (Lipinski definition) is 27. The van der Waals surface area contributed by atoms with E-state index in [1.54, 1.807) is 0 Å². The monoisotopic (exact) mass is 954 g/mol. The van der Waals surface area contributed by atoms with Crippen molar-refractivity contribution in [1.29, 1.82) is 0 Å². The topological polar surface area (TPSA) is 450 Å². The van der Waals surface area contributed by atoms with Crippen molar-refractivity contribution in [3.05, 3.63) is 81.9 Å². The molecule has 0 spiro atoms. The van der Waals surface area contributed by atoms with E-state index in [0.717, 1.165) is 0 Å². The number of fused-ring (bicyclic) bond motifs is 3. The highest BCUT2D eigenvalue weighted by Gasteiger charge is 2.70. The normalized spacial score (nSPS) is 24.5. The molecule has 8 rings (SSSR count). The molecule has 7 unspecified atom stereocenters. The molecular formula is C41H30O27. The highest BCUT2D eigenvalue weighted by molar-refractivity contribution is 6.08. The maximum Gasteiger partial charge on any atom is 0.340 e. The van der Waals surface area contributed by atoms with Gasteiger partial charge < -0.3 is 105 Å². The van der Waals surface area contributed by atoms with E-state index in [2.05, 4.69) is 0 Å². The molecule has 4 aromatic carbocycles. The molecule has 356 valence electrons. The van der Waals surface area contributed by atoms with Crippen LogP contribution in [0.1, 0.15) is 52.9 Å². The van der Waals surface area contributed by atoms with Gasteiger partial charge in [-0.3, -0.25) is 4.79 Å². The molecule has 4 aromatic rings. The van der Waals surface area contributed by atoms with Gasteiger partial charge in [0.25, 0.3) is 5.79 Å². The van der Waals surface area contributed by atoms with Crippen molar-refractivity contribution < 1.29 is 133 Å². The van der Waals surface area contributed by atoms with Crippen LogP contribution < -0.4 is 4.74 Å². The second-order valence-electron chi connectivity index (χ2n) is 15.1. The molecule has 0 radical (unpaired) electrons. The van der Waals surface area contributed by atoms with Crippen molar-refractivity contribution in [2.75, 3.05) is 6.61 Å². The minimum absolute atomic E-state index is 0.258. The largest absolute Gasteiger partial charge is 0.504 e. The molecule has 4 aliphatic rings. The Hall–Kier alpha value is -8.92. The Kier molecular flexibility index (Phi) is 10.7. The molecule has 14 N–H and O–H groups in total. The van der Waals surface area contributed by atoms with Gasteiger partial charge in [-0.05, 0) is 48.5 Å². The van der Waals surface area contributed by atoms with E-state index in [-0.39, 0.29) is 6.08 Å². The number of carbonyl (C=O) groups is 6. The SMILES string of the molecule is O=C1OC2C(COC(=O)c3cc(O)c(O)c(O)c3)OC(OC(=O)c3cc(O)c(O)c(O)c3)C(OC(=O)c3cc(O)c(O)c4c3C3C1=CC(=O)C(O)(O4)C3(O)O)C2OC(=O)c1cc(O)c(O)c(O)c1. The zero-order valence-corrected chi connectivity index (χ0v) is 33.4. The van der Waals surface area contributed by atoms with Crippen molar-refractivity contribution in [1.82, 2.24) is 0 Å². The number of ether oxygens (including phenoxy) is 7. The second-order valence-corrected chi connectivity index (χ2v) is 15.1. The molecular weight excluding hydrogens is 924 g/mol. The lowest BCUT2D eigenvalue weighted by Gasteiger charge is -2.49. The van der Waals surface area contributed by atoms with Gasteiger partial charge in [-0.2, -0.15) is 0 Å². The fraction of sp³-hybridized carbons (Fsp3) is 0.220. The standard InChI is InChI=1S/C41H30O27/c42-15-1-10(2-16(43)26(15)50)34(54)62-9-22-30-32(65-35(55)11-3-17(44)27(51)18(45)4-11)33(39(63-22)67-36(56)12-5-19(46)28(52)20(47)6-12)66-37(57)13-7-21(48)29(53)31-24(13)25-14(38(58)64-30)8-23(49)41(61,68-31)40(25,59)60/h1-8,22,25,30,32-33,39,42-48,50-53,59-61H,9H2. The summed E-state index contributed by atoms with van der Waals surface area (Å²) in [6.07, 6.45) is -12.1. The Bertz CT molecular complexity index is 2870. The molecule has 27 nitrogen and oxygen atoms in total. The third kappa shape index (κ3) is 7.18. The molecule has 1 aliphatic carbocycles. The van der Waals surface area contributed by atoms with Gasteiger partial charge in [0.05, 0.1) is 33.7 Å². The lowest BCUT2D eigenvalue weighted by atomic mass is 9.70. The van der Waals surface area contributed by atoms with Gasteiger partial charge in [0, 0.05) is 5.56 Å². The quantitative estimate of drug-likeness (QED) is 0.0453. The first kappa shape index (κ1) is 45.6. The number of phenolic OH excluding ortho intramolecular Hbond substituents is 11. The predicted molar refractivity (Wildman–Crippen MR) is 205 cm³/mol. The summed E-state index contributed by atoms with van der Waals surface area (Å²) in [5, 5.41) is 146. The zero-order chi connectivity index (χ0) is 49.6. The number of benzene rings is 4. The number of ketones is 1. The van der Waals surface area contributed by atoms with Crippen molar-refractivity contribution in [3.8, 4) is 69.0 Å². The van der Waals surface area contributed by atoms with Gasteiger partial charge in [0.15, 0.2) is 75.5 Å². The van der Waals surface area contributed by atoms with Gasteiger partial charge in [0.2, 0.25) is 23.9 Å². The Morgan fingerprint density at radius 1 is 0.574 bits per heavy atom. The zero-order valence-electron chi connectivity index (χ0n) is 33.4. The second kappa shape index (κ2) is 15.9. The maximum absolute atomic E-state index is 14.5. The Labute approximate surface area is 374 Å². The average molecular weight is 955 g/mol. The first-order valence-corrected chi connectivity index (χ1v) is 19.0. The van der Waals surface area contributed by atoms with E-state index >= 15 is 0 Å². The molecule has 68 heavy (non-hydrogen) atoms. The third-order valence-electron chi connectivity index (χ3n) is 10.9. The summed E-state index contributed by atoms with van der Waals surface area (Å²) in [6, 6.07) is 3.80. The molecule has 0 aromatic heterocycles. The summed E-state index contributed by atoms with van der Waals surface area (Å²) in [5.74, 6) is -34.3. The third-order valence-corrected chi connectivity index (χ3v) is 10.9. The van der Waals surface area contributed by atoms with Crippen molar-refractivity contribution in [2.45, 2.75) is 48.2 Å². The minimum Gasteiger partial charge on any atom is -0.504 e. The summed E-state index contributed by atoms with van der Waals surface area (Å²) in [5.41, 5.74) is -5.56. The maximum atomic E-state index is 14.5. The number of hydrogen-bond donors (Lipinski definition) is 14. The first-order valence-electron chi connectivity index (χ1n) is 19.0. The van der Waals surface area contributed by atoms with E-state index in [9.17, 15) is 100 Å². The Morgan fingerprint density at radius 2 is 1.03 bits per heavy atom. The van der Waals surface area contributed by atoms with Crippen LogP contribution in [0, 0.1) is 0 Å². The van der Waals surface area contributed by atoms with Crippen LogP contribution in [0.3, 0.4) is 0 Å². The molecule has 7 atom stereocenters. The van der Waals surface area contributed by atoms with Gasteiger partial charge in [-0.15, -0.1) is 0 Å². The van der Waals surface area contributed by atoms with Crippen LogP contribution in [-0.2, 0) is 38.0 Å². The molecule has 3 heterocycles. The number of phenols is 11. The molecule has 27 heteroatoms. The van der Waals surface area contributed by atoms with E-state index in [1.807, 2.05) is 0 Å². The van der Waals surface area contributed by atoms with Crippen LogP contribution in [-0.4, -0.2) is 156 Å². The van der Waals surface area contributed by atoms with Gasteiger partial charge in [-0.1, -0.05) is 0 Å². The van der Waals surface area contributed by atoms with E-state index in [4.69, 9.17) is 33.2 Å². The highest BCUT2D eigenvalue weighted by atomic mass is 16.8. The van der Waals surface area contributed by atoms with E-state index in [1.165, 1.54) is 0 Å². The summed E-state index contributed by atoms with van der Waals surface area (Å²) < 4.78 is 38.6. The minimum atomic E-state index is -3.98. The smallest absolute Gasteiger partial charge is 0.340 e. The van der Waals surface area contributed by atoms with Crippen LogP contribution >= 0.6 is 0 Å². The van der Waals surface area contributed by atoms with Crippen molar-refractivity contribution >= 4 is 35.6 Å². The van der Waals surface area contributed by atoms with E-state index < -0.39 is 193 Å². The van der Waals surface area contributed by atoms with Crippen LogP contribution in [0.5, 0.6) is 69.0 Å². The predicted octanol–water partition coefficient (Wildman–Crippen LogP) is -1.08. The van der Waals surface area contributed by atoms with Gasteiger partial charge in [0.1, 0.15) is 12.7 Å². The summed E-state index contributed by atoms with van der Waals surface area (Å²) in [7, 11) is 0.